The number of amides is 1. The summed E-state index contributed by atoms with van der Waals surface area (Å²) in [5.74, 6) is -0.156. The summed E-state index contributed by atoms with van der Waals surface area (Å²) in [5.41, 5.74) is 0.608. The third-order valence-corrected chi connectivity index (χ3v) is 2.34. The highest BCUT2D eigenvalue weighted by Gasteiger charge is 2.03. The van der Waals surface area contributed by atoms with Gasteiger partial charge in [0, 0.05) is 22.1 Å². The molecule has 4 heteroatoms. The van der Waals surface area contributed by atoms with Gasteiger partial charge in [-0.15, -0.1) is 0 Å². The molecule has 14 heavy (non-hydrogen) atoms. The predicted octanol–water partition coefficient (Wildman–Crippen LogP) is 1.52. The standard InChI is InChI=1S/C10H9INO2/c11-9-4-2-8(3-5-9)10(14)12-6-1-7-13/h2-5H,1,6H2,(H,12,14). The number of benzene rings is 1. The molecule has 0 atom stereocenters. The summed E-state index contributed by atoms with van der Waals surface area (Å²) in [6.07, 6.45) is 1.95. The van der Waals surface area contributed by atoms with Crippen molar-refractivity contribution in [3.8, 4) is 0 Å². The normalized spacial score (nSPS) is 9.50. The molecule has 0 heterocycles. The summed E-state index contributed by atoms with van der Waals surface area (Å²) in [6, 6.07) is 7.23. The van der Waals surface area contributed by atoms with Gasteiger partial charge in [0.05, 0.1) is 0 Å². The van der Waals surface area contributed by atoms with E-state index in [0.29, 0.717) is 12.1 Å². The molecule has 0 bridgehead atoms. The van der Waals surface area contributed by atoms with Gasteiger partial charge < -0.3 is 5.32 Å². The van der Waals surface area contributed by atoms with Crippen molar-refractivity contribution in [1.29, 1.82) is 0 Å². The SMILES string of the molecule is O=[C]CCNC(=O)c1ccc(I)cc1. The van der Waals surface area contributed by atoms with Crippen molar-refractivity contribution < 1.29 is 9.59 Å². The minimum absolute atomic E-state index is 0.156. The molecule has 0 aromatic heterocycles. The molecule has 73 valence electrons. The molecular weight excluding hydrogens is 293 g/mol. The maximum Gasteiger partial charge on any atom is 0.251 e. The monoisotopic (exact) mass is 302 g/mol. The lowest BCUT2D eigenvalue weighted by Gasteiger charge is -2.02. The van der Waals surface area contributed by atoms with Crippen molar-refractivity contribution in [2.75, 3.05) is 6.54 Å². The number of carbonyl (C=O) groups excluding carboxylic acids is 2. The van der Waals surface area contributed by atoms with Crippen molar-refractivity contribution in [3.63, 3.8) is 0 Å². The van der Waals surface area contributed by atoms with E-state index in [9.17, 15) is 9.59 Å². The number of hydrogen-bond acceptors (Lipinski definition) is 2. The first-order valence-electron chi connectivity index (χ1n) is 4.13. The lowest BCUT2D eigenvalue weighted by atomic mass is 10.2. The summed E-state index contributed by atoms with van der Waals surface area (Å²) in [6.45, 7) is 0.342. The Bertz CT molecular complexity index is 321. The van der Waals surface area contributed by atoms with E-state index in [1.54, 1.807) is 18.4 Å². The molecule has 0 saturated carbocycles. The first kappa shape index (κ1) is 11.2. The summed E-state index contributed by atoms with van der Waals surface area (Å²) in [5, 5.41) is 2.62. The molecule has 1 radical (unpaired) electrons. The molecule has 1 rings (SSSR count). The van der Waals surface area contributed by atoms with Crippen LogP contribution in [0.2, 0.25) is 0 Å². The number of nitrogens with one attached hydrogen (secondary N) is 1. The van der Waals surface area contributed by atoms with Crippen molar-refractivity contribution in [1.82, 2.24) is 5.32 Å². The highest BCUT2D eigenvalue weighted by molar-refractivity contribution is 14.1. The summed E-state index contributed by atoms with van der Waals surface area (Å²) in [4.78, 5) is 21.3. The van der Waals surface area contributed by atoms with Crippen molar-refractivity contribution >= 4 is 34.8 Å². The van der Waals surface area contributed by atoms with Gasteiger partial charge in [0.25, 0.3) is 5.91 Å². The molecule has 0 saturated heterocycles. The Balaban J connectivity index is 2.52. The predicted molar refractivity (Wildman–Crippen MR) is 61.8 cm³/mol. The van der Waals surface area contributed by atoms with Gasteiger partial charge >= 0.3 is 0 Å². The Kier molecular flexibility index (Phi) is 4.58. The topological polar surface area (TPSA) is 46.2 Å². The van der Waals surface area contributed by atoms with Crippen LogP contribution < -0.4 is 5.32 Å². The Labute approximate surface area is 96.0 Å². The number of halogens is 1. The van der Waals surface area contributed by atoms with Crippen LogP contribution in [0.4, 0.5) is 0 Å². The molecule has 3 nitrogen and oxygen atoms in total. The number of rotatable bonds is 4. The fourth-order valence-electron chi connectivity index (χ4n) is 0.930. The lowest BCUT2D eigenvalue weighted by molar-refractivity contribution is 0.0955. The Hall–Kier alpha value is -0.910. The quantitative estimate of drug-likeness (QED) is 0.677. The minimum Gasteiger partial charge on any atom is -0.352 e. The molecule has 1 N–H and O–H groups in total. The molecule has 0 fully saturated rings. The average molecular weight is 302 g/mol. The summed E-state index contributed by atoms with van der Waals surface area (Å²) >= 11 is 2.17. The van der Waals surface area contributed by atoms with Crippen molar-refractivity contribution in [2.24, 2.45) is 0 Å². The second-order valence-electron chi connectivity index (χ2n) is 2.66. The zero-order valence-electron chi connectivity index (χ0n) is 7.42. The van der Waals surface area contributed by atoms with Crippen molar-refractivity contribution in [3.05, 3.63) is 33.4 Å². The number of carbonyl (C=O) groups is 1. The van der Waals surface area contributed by atoms with E-state index in [4.69, 9.17) is 0 Å². The lowest BCUT2D eigenvalue weighted by Crippen LogP contribution is -2.24. The van der Waals surface area contributed by atoms with Crippen LogP contribution in [0.25, 0.3) is 0 Å². The van der Waals surface area contributed by atoms with Crippen LogP contribution in [0.5, 0.6) is 0 Å². The zero-order chi connectivity index (χ0) is 10.4. The highest BCUT2D eigenvalue weighted by Crippen LogP contribution is 2.06. The molecule has 1 aromatic rings. The van der Waals surface area contributed by atoms with Crippen LogP contribution in [0.15, 0.2) is 24.3 Å². The van der Waals surface area contributed by atoms with Crippen LogP contribution in [0.3, 0.4) is 0 Å². The third-order valence-electron chi connectivity index (χ3n) is 1.62. The molecule has 0 aliphatic carbocycles. The minimum atomic E-state index is -0.156. The molecule has 1 amide bonds. The van der Waals surface area contributed by atoms with Crippen molar-refractivity contribution in [2.45, 2.75) is 6.42 Å². The van der Waals surface area contributed by atoms with E-state index in [-0.39, 0.29) is 12.3 Å². The van der Waals surface area contributed by atoms with Crippen LogP contribution in [-0.2, 0) is 4.79 Å². The first-order valence-corrected chi connectivity index (χ1v) is 5.20. The molecule has 0 spiro atoms. The van der Waals surface area contributed by atoms with Gasteiger partial charge in [0.15, 0.2) is 6.29 Å². The van der Waals surface area contributed by atoms with Gasteiger partial charge in [0.1, 0.15) is 0 Å². The van der Waals surface area contributed by atoms with E-state index in [1.807, 2.05) is 12.1 Å². The maximum atomic E-state index is 11.4. The zero-order valence-corrected chi connectivity index (χ0v) is 9.58. The van der Waals surface area contributed by atoms with Gasteiger partial charge in [-0.25, -0.2) is 0 Å². The maximum absolute atomic E-state index is 11.4. The average Bonchev–Trinajstić information content (AvgIpc) is 2.19. The Morgan fingerprint density at radius 2 is 2.00 bits per heavy atom. The fourth-order valence-corrected chi connectivity index (χ4v) is 1.29. The van der Waals surface area contributed by atoms with E-state index in [2.05, 4.69) is 27.9 Å². The highest BCUT2D eigenvalue weighted by atomic mass is 127. The summed E-state index contributed by atoms with van der Waals surface area (Å²) < 4.78 is 1.08. The third kappa shape index (κ3) is 3.45. The van der Waals surface area contributed by atoms with Crippen LogP contribution in [-0.4, -0.2) is 18.7 Å². The van der Waals surface area contributed by atoms with Crippen LogP contribution >= 0.6 is 22.6 Å². The molecular formula is C10H9INO2. The molecule has 0 unspecified atom stereocenters. The Morgan fingerprint density at radius 3 is 2.57 bits per heavy atom. The van der Waals surface area contributed by atoms with E-state index in [1.165, 1.54) is 0 Å². The fraction of sp³-hybridized carbons (Fsp3) is 0.200. The molecule has 1 aromatic carbocycles. The largest absolute Gasteiger partial charge is 0.352 e. The van der Waals surface area contributed by atoms with E-state index < -0.39 is 0 Å². The van der Waals surface area contributed by atoms with Crippen LogP contribution in [0.1, 0.15) is 16.8 Å². The van der Waals surface area contributed by atoms with E-state index in [0.717, 1.165) is 3.57 Å². The first-order chi connectivity index (χ1) is 6.74. The van der Waals surface area contributed by atoms with Gasteiger partial charge in [-0.3, -0.25) is 9.59 Å². The van der Waals surface area contributed by atoms with E-state index >= 15 is 0 Å². The van der Waals surface area contributed by atoms with Gasteiger partial charge in [-0.2, -0.15) is 0 Å². The Morgan fingerprint density at radius 1 is 1.36 bits per heavy atom. The number of hydrogen-bond donors (Lipinski definition) is 1. The van der Waals surface area contributed by atoms with Crippen LogP contribution in [0, 0.1) is 3.57 Å². The van der Waals surface area contributed by atoms with Gasteiger partial charge in [-0.05, 0) is 46.9 Å². The second-order valence-corrected chi connectivity index (χ2v) is 3.90. The van der Waals surface area contributed by atoms with Gasteiger partial charge in [-0.1, -0.05) is 0 Å². The van der Waals surface area contributed by atoms with Gasteiger partial charge in [0.2, 0.25) is 0 Å². The smallest absolute Gasteiger partial charge is 0.251 e. The summed E-state index contributed by atoms with van der Waals surface area (Å²) in [7, 11) is 0. The molecule has 0 aliphatic rings. The second kappa shape index (κ2) is 5.74. The molecule has 0 aliphatic heterocycles.